The maximum absolute atomic E-state index is 5.82. The molecule has 0 aliphatic heterocycles. The van der Waals surface area contributed by atoms with Gasteiger partial charge in [-0.05, 0) is 68.4 Å². The van der Waals surface area contributed by atoms with Crippen LogP contribution in [0.15, 0.2) is 244 Å². The lowest BCUT2D eigenvalue weighted by Gasteiger charge is -2.31. The first-order valence-corrected chi connectivity index (χ1v) is 28.0. The van der Waals surface area contributed by atoms with Crippen LogP contribution in [0.2, 0.25) is 0 Å². The number of benzene rings is 7. The second kappa shape index (κ2) is 18.5. The van der Waals surface area contributed by atoms with Crippen LogP contribution in [0.5, 0.6) is 0 Å². The first kappa shape index (κ1) is 47.3. The Morgan fingerprint density at radius 3 is 0.964 bits per heavy atom. The summed E-state index contributed by atoms with van der Waals surface area (Å²) in [6.07, 6.45) is 15.5. The first-order valence-electron chi connectivity index (χ1n) is 28.0. The van der Waals surface area contributed by atoms with Gasteiger partial charge in [-0.1, -0.05) is 140 Å². The lowest BCUT2D eigenvalue weighted by molar-refractivity contribution is 1.01. The third kappa shape index (κ3) is 6.94. The fourth-order valence-electron chi connectivity index (χ4n) is 13.1. The van der Waals surface area contributed by atoms with Crippen molar-refractivity contribution in [1.29, 1.82) is 0 Å². The normalized spacial score (nSPS) is 11.9. The Hall–Kier alpha value is -11.5. The van der Waals surface area contributed by atoms with Crippen molar-refractivity contribution in [1.82, 2.24) is 58.1 Å². The molecule has 0 aliphatic rings. The smallest absolute Gasteiger partial charge is 0.167 e. The Kier molecular flexibility index (Phi) is 10.4. The van der Waals surface area contributed by atoms with E-state index in [4.69, 9.17) is 39.9 Å². The standard InChI is InChI=1S/C72H46N12/c1-43-29-30-47(44(2)77-43)64-65(72-79-70(45-17-5-3-6-18-45)78-71(80-72)46-19-7-4-8-20-46)67(82-57-26-14-10-22-49(57)53-32-36-74-40-61(53)82)69(84-59-28-16-12-24-51(59)55-34-38-76-42-63(55)84)68(83-58-27-15-11-23-50(58)54-33-37-75-41-62(54)83)66(64)81-56-25-13-9-21-48(56)52-31-35-73-39-60(52)81/h3-42H,1-2H3. The van der Waals surface area contributed by atoms with E-state index in [1.807, 2.05) is 92.9 Å². The van der Waals surface area contributed by atoms with E-state index < -0.39 is 0 Å². The molecule has 0 aliphatic carbocycles. The third-order valence-electron chi connectivity index (χ3n) is 16.6. The van der Waals surface area contributed by atoms with Crippen LogP contribution in [0.4, 0.5) is 0 Å². The zero-order valence-corrected chi connectivity index (χ0v) is 45.5. The molecule has 10 aromatic heterocycles. The number of fused-ring (bicyclic) bond motifs is 12. The highest BCUT2D eigenvalue weighted by atomic mass is 15.2. The van der Waals surface area contributed by atoms with Crippen LogP contribution in [0.25, 0.3) is 155 Å². The number of nitrogens with zero attached hydrogens (tertiary/aromatic N) is 12. The Morgan fingerprint density at radius 1 is 0.262 bits per heavy atom. The summed E-state index contributed by atoms with van der Waals surface area (Å²) >= 11 is 0. The molecule has 84 heavy (non-hydrogen) atoms. The van der Waals surface area contributed by atoms with Gasteiger partial charge in [0.15, 0.2) is 17.5 Å². The zero-order chi connectivity index (χ0) is 55.6. The third-order valence-corrected chi connectivity index (χ3v) is 16.6. The van der Waals surface area contributed by atoms with Crippen molar-refractivity contribution in [2.24, 2.45) is 0 Å². The summed E-state index contributed by atoms with van der Waals surface area (Å²) in [7, 11) is 0. The molecule has 0 saturated heterocycles. The molecule has 394 valence electrons. The Morgan fingerprint density at radius 2 is 0.583 bits per heavy atom. The van der Waals surface area contributed by atoms with Crippen LogP contribution in [0.3, 0.4) is 0 Å². The quantitative estimate of drug-likeness (QED) is 0.147. The van der Waals surface area contributed by atoms with E-state index in [0.717, 1.165) is 149 Å². The second-order valence-corrected chi connectivity index (χ2v) is 21.2. The molecule has 0 N–H and O–H groups in total. The molecule has 0 atom stereocenters. The van der Waals surface area contributed by atoms with E-state index in [9.17, 15) is 0 Å². The van der Waals surface area contributed by atoms with Crippen LogP contribution >= 0.6 is 0 Å². The van der Waals surface area contributed by atoms with Crippen LogP contribution in [0.1, 0.15) is 11.4 Å². The molecule has 0 amide bonds. The van der Waals surface area contributed by atoms with Gasteiger partial charge in [0.1, 0.15) is 0 Å². The molecule has 0 fully saturated rings. The summed E-state index contributed by atoms with van der Waals surface area (Å²) in [6, 6.07) is 67.9. The van der Waals surface area contributed by atoms with Crippen LogP contribution in [-0.4, -0.2) is 58.1 Å². The summed E-state index contributed by atoms with van der Waals surface area (Å²) in [4.78, 5) is 42.3. The lowest BCUT2D eigenvalue weighted by Crippen LogP contribution is -2.17. The molecule has 0 radical (unpaired) electrons. The number of hydrogen-bond donors (Lipinski definition) is 0. The van der Waals surface area contributed by atoms with Crippen LogP contribution in [-0.2, 0) is 0 Å². The SMILES string of the molecule is Cc1ccc(-c2c(-c3nc(-c4ccccc4)nc(-c4ccccc4)n3)c(-n3c4ccccc4c4ccncc43)c(-n3c4ccccc4c4ccncc43)c(-n3c4ccccc4c4ccncc43)c2-n2c3ccccc3c3ccncc32)c(C)n1. The number of para-hydroxylation sites is 4. The minimum atomic E-state index is 0.443. The number of hydrogen-bond acceptors (Lipinski definition) is 8. The predicted molar refractivity (Wildman–Crippen MR) is 337 cm³/mol. The van der Waals surface area contributed by atoms with Crippen molar-refractivity contribution in [3.8, 4) is 68.0 Å². The van der Waals surface area contributed by atoms with Gasteiger partial charge in [0.2, 0.25) is 0 Å². The molecule has 12 nitrogen and oxygen atoms in total. The Bertz CT molecular complexity index is 5270. The molecular weight excluding hydrogens is 1030 g/mol. The lowest BCUT2D eigenvalue weighted by atomic mass is 9.90. The van der Waals surface area contributed by atoms with E-state index in [1.165, 1.54) is 0 Å². The van der Waals surface area contributed by atoms with E-state index in [2.05, 4.69) is 183 Å². The van der Waals surface area contributed by atoms with Crippen molar-refractivity contribution < 1.29 is 0 Å². The second-order valence-electron chi connectivity index (χ2n) is 21.2. The van der Waals surface area contributed by atoms with Crippen LogP contribution < -0.4 is 0 Å². The van der Waals surface area contributed by atoms with Crippen molar-refractivity contribution in [3.05, 3.63) is 255 Å². The molecule has 17 rings (SSSR count). The summed E-state index contributed by atoms with van der Waals surface area (Å²) in [5, 5.41) is 8.40. The highest BCUT2D eigenvalue weighted by molar-refractivity contribution is 6.18. The van der Waals surface area contributed by atoms with E-state index >= 15 is 0 Å². The van der Waals surface area contributed by atoms with Crippen LogP contribution in [0, 0.1) is 13.8 Å². The van der Waals surface area contributed by atoms with Crippen molar-refractivity contribution in [2.75, 3.05) is 0 Å². The minimum Gasteiger partial charge on any atom is -0.305 e. The summed E-state index contributed by atoms with van der Waals surface area (Å²) in [5.74, 6) is 1.47. The summed E-state index contributed by atoms with van der Waals surface area (Å²) < 4.78 is 9.69. The molecule has 17 aromatic rings. The molecule has 7 aromatic carbocycles. The Labute approximate surface area is 480 Å². The zero-order valence-electron chi connectivity index (χ0n) is 45.5. The van der Waals surface area contributed by atoms with E-state index in [1.54, 1.807) is 0 Å². The van der Waals surface area contributed by atoms with Gasteiger partial charge in [-0.3, -0.25) is 24.9 Å². The molecule has 10 heterocycles. The molecule has 0 saturated carbocycles. The minimum absolute atomic E-state index is 0.443. The molecule has 0 bridgehead atoms. The average molecular weight is 1080 g/mol. The number of rotatable bonds is 8. The summed E-state index contributed by atoms with van der Waals surface area (Å²) in [5.41, 5.74) is 16.5. The number of aromatic nitrogens is 12. The summed E-state index contributed by atoms with van der Waals surface area (Å²) in [6.45, 7) is 4.16. The molecule has 0 unspecified atom stereocenters. The van der Waals surface area contributed by atoms with E-state index in [0.29, 0.717) is 17.5 Å². The van der Waals surface area contributed by atoms with Gasteiger partial charge >= 0.3 is 0 Å². The maximum atomic E-state index is 5.82. The van der Waals surface area contributed by atoms with Gasteiger partial charge in [-0.15, -0.1) is 0 Å². The predicted octanol–water partition coefficient (Wildman–Crippen LogP) is 16.5. The van der Waals surface area contributed by atoms with Gasteiger partial charge in [0.25, 0.3) is 0 Å². The van der Waals surface area contributed by atoms with Gasteiger partial charge in [-0.25, -0.2) is 15.0 Å². The fraction of sp³-hybridized carbons (Fsp3) is 0.0278. The highest BCUT2D eigenvalue weighted by Crippen LogP contribution is 2.54. The topological polar surface area (TPSA) is 123 Å². The van der Waals surface area contributed by atoms with Gasteiger partial charge in [-0.2, -0.15) is 0 Å². The Balaban J connectivity index is 1.27. The molecular formula is C72H46N12. The van der Waals surface area contributed by atoms with Crippen molar-refractivity contribution >= 4 is 87.2 Å². The fourth-order valence-corrected chi connectivity index (χ4v) is 13.1. The number of aryl methyl sites for hydroxylation is 2. The monoisotopic (exact) mass is 1080 g/mol. The van der Waals surface area contributed by atoms with Crippen molar-refractivity contribution in [3.63, 3.8) is 0 Å². The average Bonchev–Trinajstić information content (AvgIpc) is 1.71. The largest absolute Gasteiger partial charge is 0.305 e. The molecule has 0 spiro atoms. The highest BCUT2D eigenvalue weighted by Gasteiger charge is 2.37. The van der Waals surface area contributed by atoms with Gasteiger partial charge < -0.3 is 18.3 Å². The van der Waals surface area contributed by atoms with E-state index in [-0.39, 0.29) is 0 Å². The number of pyridine rings is 5. The van der Waals surface area contributed by atoms with Crippen molar-refractivity contribution in [2.45, 2.75) is 13.8 Å². The maximum Gasteiger partial charge on any atom is 0.167 e. The molecule has 12 heteroatoms. The first-order chi connectivity index (χ1) is 41.6. The van der Waals surface area contributed by atoms with Gasteiger partial charge in [0.05, 0.1) is 97.2 Å². The van der Waals surface area contributed by atoms with Gasteiger partial charge in [0, 0.05) is 102 Å².